The minimum Gasteiger partial charge on any atom is -0.475 e. The van der Waals surface area contributed by atoms with E-state index in [9.17, 15) is 13.2 Å². The Hall–Kier alpha value is -2.77. The normalized spacial score (nSPS) is 17.4. The lowest BCUT2D eigenvalue weighted by molar-refractivity contribution is -0.138. The molecule has 1 fully saturated rings. The monoisotopic (exact) mass is 533 g/mol. The van der Waals surface area contributed by atoms with Crippen LogP contribution in [0.3, 0.4) is 0 Å². The van der Waals surface area contributed by atoms with Gasteiger partial charge in [0.15, 0.2) is 6.23 Å². The summed E-state index contributed by atoms with van der Waals surface area (Å²) < 4.78 is 77.5. The summed E-state index contributed by atoms with van der Waals surface area (Å²) in [5.74, 6) is -2.75. The molecule has 1 saturated heterocycles. The molecular formula is C22H25ClF5N7O. The fourth-order valence-corrected chi connectivity index (χ4v) is 4.26. The number of piperazine rings is 1. The number of fused-ring (bicyclic) bond motifs is 1. The maximum Gasteiger partial charge on any atom is 0.408 e. The molecule has 3 aromatic rings. The average Bonchev–Trinajstić information content (AvgIpc) is 3.27. The number of ether oxygens (including phenoxy) is 1. The number of anilines is 1. The molecule has 2 atom stereocenters. The van der Waals surface area contributed by atoms with E-state index < -0.39 is 52.2 Å². The van der Waals surface area contributed by atoms with Gasteiger partial charge in [-0.3, -0.25) is 4.90 Å². The average molecular weight is 534 g/mol. The molecule has 0 radical (unpaired) electrons. The van der Waals surface area contributed by atoms with Crippen molar-refractivity contribution in [1.29, 1.82) is 0 Å². The highest BCUT2D eigenvalue weighted by Crippen LogP contribution is 2.40. The standard InChI is InChI=1S/C22H25ClF5N7O/c1-4-16(34-7-5-33(3)6-8-34)36-13-9-14(24)17(15(25)10-13)18-19(23)32-21-29-11-30-35(21)20(18)31-12(2)22(26,27)28/h9-12,16,31H,4-8H2,1-3H3/t12-,16?/m0/s1. The van der Waals surface area contributed by atoms with Crippen LogP contribution in [0.5, 0.6) is 5.75 Å². The molecule has 3 heterocycles. The first kappa shape index (κ1) is 26.3. The third kappa shape index (κ3) is 5.32. The minimum atomic E-state index is -4.66. The molecular weight excluding hydrogens is 509 g/mol. The van der Waals surface area contributed by atoms with E-state index in [1.165, 1.54) is 0 Å². The van der Waals surface area contributed by atoms with Crippen molar-refractivity contribution < 1.29 is 26.7 Å². The number of halogens is 6. The Labute approximate surface area is 209 Å². The minimum absolute atomic E-state index is 0.0522. The molecule has 1 unspecified atom stereocenters. The Morgan fingerprint density at radius 2 is 1.75 bits per heavy atom. The van der Waals surface area contributed by atoms with Crippen LogP contribution in [0.1, 0.15) is 20.3 Å². The van der Waals surface area contributed by atoms with Crippen molar-refractivity contribution in [2.45, 2.75) is 38.7 Å². The summed E-state index contributed by atoms with van der Waals surface area (Å²) in [7, 11) is 2.01. The fourth-order valence-electron chi connectivity index (χ4n) is 4.00. The highest BCUT2D eigenvalue weighted by atomic mass is 35.5. The second kappa shape index (κ2) is 10.3. The third-order valence-corrected chi connectivity index (χ3v) is 6.33. The van der Waals surface area contributed by atoms with Gasteiger partial charge in [-0.2, -0.15) is 32.8 Å². The Balaban J connectivity index is 1.73. The van der Waals surface area contributed by atoms with Gasteiger partial charge in [0.25, 0.3) is 5.78 Å². The molecule has 0 spiro atoms. The van der Waals surface area contributed by atoms with Gasteiger partial charge in [0.1, 0.15) is 40.7 Å². The van der Waals surface area contributed by atoms with Gasteiger partial charge in [0, 0.05) is 38.3 Å². The maximum absolute atomic E-state index is 15.4. The predicted octanol–water partition coefficient (Wildman–Crippen LogP) is 4.45. The summed E-state index contributed by atoms with van der Waals surface area (Å²) in [6.45, 7) is 5.91. The molecule has 8 nitrogen and oxygen atoms in total. The third-order valence-electron chi connectivity index (χ3n) is 6.06. The zero-order chi connectivity index (χ0) is 26.2. The van der Waals surface area contributed by atoms with Crippen LogP contribution in [0.2, 0.25) is 5.15 Å². The highest BCUT2D eigenvalue weighted by molar-refractivity contribution is 6.33. The van der Waals surface area contributed by atoms with E-state index >= 15 is 8.78 Å². The second-order valence-corrected chi connectivity index (χ2v) is 8.95. The Bertz CT molecular complexity index is 1210. The lowest BCUT2D eigenvalue weighted by Crippen LogP contribution is -2.50. The molecule has 0 amide bonds. The van der Waals surface area contributed by atoms with Crippen LogP contribution >= 0.6 is 11.6 Å². The highest BCUT2D eigenvalue weighted by Gasteiger charge is 2.38. The first-order valence-electron chi connectivity index (χ1n) is 11.3. The van der Waals surface area contributed by atoms with Gasteiger partial charge in [-0.1, -0.05) is 18.5 Å². The summed E-state index contributed by atoms with van der Waals surface area (Å²) in [5, 5.41) is 5.61. The van der Waals surface area contributed by atoms with Gasteiger partial charge < -0.3 is 15.0 Å². The van der Waals surface area contributed by atoms with Gasteiger partial charge in [0.05, 0.1) is 11.1 Å². The molecule has 1 N–H and O–H groups in total. The van der Waals surface area contributed by atoms with Crippen molar-refractivity contribution in [3.63, 3.8) is 0 Å². The topological polar surface area (TPSA) is 70.8 Å². The summed E-state index contributed by atoms with van der Waals surface area (Å²) in [4.78, 5) is 12.0. The van der Waals surface area contributed by atoms with Crippen LogP contribution in [0, 0.1) is 11.6 Å². The zero-order valence-corrected chi connectivity index (χ0v) is 20.5. The van der Waals surface area contributed by atoms with E-state index in [-0.39, 0.29) is 11.5 Å². The van der Waals surface area contributed by atoms with Crippen LogP contribution in [0.25, 0.3) is 16.9 Å². The van der Waals surface area contributed by atoms with Crippen LogP contribution in [-0.4, -0.2) is 81.1 Å². The Morgan fingerprint density at radius 1 is 1.11 bits per heavy atom. The molecule has 36 heavy (non-hydrogen) atoms. The van der Waals surface area contributed by atoms with Crippen molar-refractivity contribution >= 4 is 23.2 Å². The number of likely N-dealkylation sites (N-methyl/N-ethyl adjacent to an activating group) is 1. The van der Waals surface area contributed by atoms with Gasteiger partial charge in [-0.15, -0.1) is 0 Å². The van der Waals surface area contributed by atoms with Crippen LogP contribution in [0.4, 0.5) is 27.8 Å². The molecule has 2 aromatic heterocycles. The Morgan fingerprint density at radius 3 is 2.33 bits per heavy atom. The number of benzene rings is 1. The summed E-state index contributed by atoms with van der Waals surface area (Å²) in [6, 6.07) is -0.129. The molecule has 4 rings (SSSR count). The molecule has 0 saturated carbocycles. The van der Waals surface area contributed by atoms with Crippen molar-refractivity contribution in [2.24, 2.45) is 0 Å². The molecule has 0 bridgehead atoms. The van der Waals surface area contributed by atoms with Crippen molar-refractivity contribution in [2.75, 3.05) is 38.5 Å². The lowest BCUT2D eigenvalue weighted by atomic mass is 10.1. The number of nitrogens with zero attached hydrogens (tertiary/aromatic N) is 6. The second-order valence-electron chi connectivity index (χ2n) is 8.59. The van der Waals surface area contributed by atoms with E-state index in [2.05, 4.69) is 30.2 Å². The number of alkyl halides is 3. The van der Waals surface area contributed by atoms with Crippen LogP contribution < -0.4 is 10.1 Å². The molecule has 196 valence electrons. The van der Waals surface area contributed by atoms with Crippen molar-refractivity contribution in [3.8, 4) is 16.9 Å². The number of rotatable bonds is 7. The van der Waals surface area contributed by atoms with Crippen LogP contribution in [-0.2, 0) is 0 Å². The number of nitrogens with one attached hydrogen (secondary N) is 1. The summed E-state index contributed by atoms with van der Waals surface area (Å²) in [6.07, 6.45) is -3.44. The first-order chi connectivity index (χ1) is 17.0. The number of hydrogen-bond acceptors (Lipinski definition) is 7. The quantitative estimate of drug-likeness (QED) is 0.355. The zero-order valence-electron chi connectivity index (χ0n) is 19.8. The lowest BCUT2D eigenvalue weighted by Gasteiger charge is -2.37. The SMILES string of the molecule is CCC(Oc1cc(F)c(-c2c(Cl)nc3ncnn3c2N[C@@H](C)C(F)(F)F)c(F)c1)N1CCN(C)CC1. The molecule has 1 aromatic carbocycles. The summed E-state index contributed by atoms with van der Waals surface area (Å²) in [5.41, 5.74) is -1.08. The fraction of sp³-hybridized carbons (Fsp3) is 0.500. The van der Waals surface area contributed by atoms with E-state index in [0.29, 0.717) is 6.42 Å². The first-order valence-corrected chi connectivity index (χ1v) is 11.7. The van der Waals surface area contributed by atoms with Gasteiger partial charge in [0.2, 0.25) is 0 Å². The largest absolute Gasteiger partial charge is 0.475 e. The van der Waals surface area contributed by atoms with E-state index in [1.54, 1.807) is 0 Å². The molecule has 14 heteroatoms. The summed E-state index contributed by atoms with van der Waals surface area (Å²) >= 11 is 6.21. The van der Waals surface area contributed by atoms with Gasteiger partial charge >= 0.3 is 6.18 Å². The molecule has 1 aliphatic heterocycles. The maximum atomic E-state index is 15.4. The van der Waals surface area contributed by atoms with Crippen LogP contribution in [0.15, 0.2) is 18.5 Å². The number of hydrogen-bond donors (Lipinski definition) is 1. The smallest absolute Gasteiger partial charge is 0.408 e. The molecule has 1 aliphatic rings. The van der Waals surface area contributed by atoms with E-state index in [0.717, 1.165) is 56.1 Å². The predicted molar refractivity (Wildman–Crippen MR) is 124 cm³/mol. The van der Waals surface area contributed by atoms with Crippen molar-refractivity contribution in [3.05, 3.63) is 35.2 Å². The Kier molecular flexibility index (Phi) is 7.53. The van der Waals surface area contributed by atoms with Gasteiger partial charge in [-0.05, 0) is 20.4 Å². The van der Waals surface area contributed by atoms with Gasteiger partial charge in [-0.25, -0.2) is 8.78 Å². The number of aromatic nitrogens is 4. The van der Waals surface area contributed by atoms with E-state index in [4.69, 9.17) is 16.3 Å². The van der Waals surface area contributed by atoms with E-state index in [1.807, 2.05) is 14.0 Å². The van der Waals surface area contributed by atoms with Crippen molar-refractivity contribution in [1.82, 2.24) is 29.4 Å². The molecule has 0 aliphatic carbocycles.